The summed E-state index contributed by atoms with van der Waals surface area (Å²) < 4.78 is 14.8. The van der Waals surface area contributed by atoms with Crippen LogP contribution in [0.25, 0.3) is 0 Å². The Morgan fingerprint density at radius 1 is 0.379 bits per heavy atom. The maximum absolute atomic E-state index is 4.94. The number of ether oxygens (including phenoxy) is 3. The van der Waals surface area contributed by atoms with E-state index in [1.807, 2.05) is 0 Å². The van der Waals surface area contributed by atoms with Gasteiger partial charge < -0.3 is 14.2 Å². The SMILES string of the molecule is C1CCOC1.C1CCOC1.C1CCOC1.C[Si](C)C.C[Si](C)C.C[Si](C)C.[Li].[Sn]. The average Bonchev–Trinajstić information content (AvgIpc) is 3.31. The van der Waals surface area contributed by atoms with Crippen LogP contribution in [0.4, 0.5) is 0 Å². The first-order valence-corrected chi connectivity index (χ1v) is 19.7. The van der Waals surface area contributed by atoms with Crippen LogP contribution >= 0.6 is 0 Å². The molecule has 0 atom stereocenters. The Morgan fingerprint density at radius 2 is 0.483 bits per heavy atom. The molecule has 3 fully saturated rings. The molecule has 0 aromatic rings. The van der Waals surface area contributed by atoms with Gasteiger partial charge in [-0.15, -0.1) is 0 Å². The second kappa shape index (κ2) is 37.3. The summed E-state index contributed by atoms with van der Waals surface area (Å²) in [4.78, 5) is 0. The monoisotopic (exact) mass is 562 g/mol. The van der Waals surface area contributed by atoms with Crippen LogP contribution < -0.4 is 0 Å². The van der Waals surface area contributed by atoms with E-state index in [0.717, 1.165) is 39.6 Å². The van der Waals surface area contributed by atoms with Gasteiger partial charge in [-0.1, -0.05) is 58.9 Å². The van der Waals surface area contributed by atoms with Gasteiger partial charge in [0.05, 0.1) is 0 Å². The molecule has 0 aliphatic carbocycles. The Hall–Kier alpha value is 1.93. The van der Waals surface area contributed by atoms with Crippen LogP contribution in [0.3, 0.4) is 0 Å². The van der Waals surface area contributed by atoms with Crippen LogP contribution in [0.15, 0.2) is 0 Å². The molecule has 170 valence electrons. The van der Waals surface area contributed by atoms with Crippen LogP contribution in [-0.2, 0) is 14.2 Å². The van der Waals surface area contributed by atoms with Crippen molar-refractivity contribution >= 4 is 69.2 Å². The van der Waals surface area contributed by atoms with Crippen molar-refractivity contribution in [2.75, 3.05) is 39.6 Å². The van der Waals surface area contributed by atoms with Gasteiger partial charge in [0.25, 0.3) is 0 Å². The smallest absolute Gasteiger partial charge is 0.0466 e. The molecular formula is C21H51LiO3Si3Sn. The maximum atomic E-state index is 4.94. The fourth-order valence-electron chi connectivity index (χ4n) is 1.53. The molecule has 3 rings (SSSR count). The van der Waals surface area contributed by atoms with Gasteiger partial charge in [0.2, 0.25) is 0 Å². The molecule has 3 aliphatic heterocycles. The van der Waals surface area contributed by atoms with Crippen LogP contribution in [0.2, 0.25) is 58.9 Å². The molecule has 0 unspecified atom stereocenters. The molecule has 3 heterocycles. The zero-order chi connectivity index (χ0) is 21.3. The summed E-state index contributed by atoms with van der Waals surface area (Å²) in [7, 11) is 0.361. The minimum absolute atomic E-state index is 0. The van der Waals surface area contributed by atoms with Gasteiger partial charge in [0, 0.05) is 109 Å². The topological polar surface area (TPSA) is 27.7 Å². The average molecular weight is 562 g/mol. The van der Waals surface area contributed by atoms with Crippen molar-refractivity contribution in [3.63, 3.8) is 0 Å². The van der Waals surface area contributed by atoms with Crippen LogP contribution in [0.5, 0.6) is 0 Å². The van der Waals surface area contributed by atoms with E-state index in [1.165, 1.54) is 38.5 Å². The normalized spacial score (nSPS) is 16.1. The van der Waals surface area contributed by atoms with Gasteiger partial charge >= 0.3 is 0 Å². The van der Waals surface area contributed by atoms with Crippen molar-refractivity contribution in [1.29, 1.82) is 0 Å². The Morgan fingerprint density at radius 3 is 0.517 bits per heavy atom. The molecule has 0 spiro atoms. The van der Waals surface area contributed by atoms with Crippen molar-refractivity contribution in [2.45, 2.75) is 97.4 Å². The van der Waals surface area contributed by atoms with Crippen molar-refractivity contribution in [3.8, 4) is 0 Å². The molecule has 0 saturated carbocycles. The minimum Gasteiger partial charge on any atom is -0.381 e. The Labute approximate surface area is 219 Å². The Bertz CT molecular complexity index is 172. The summed E-state index contributed by atoms with van der Waals surface area (Å²) in [5, 5.41) is 0. The first-order valence-electron chi connectivity index (χ1n) is 10.7. The summed E-state index contributed by atoms with van der Waals surface area (Å²) in [5.41, 5.74) is 0. The van der Waals surface area contributed by atoms with Crippen LogP contribution in [-0.4, -0.2) is 109 Å². The van der Waals surface area contributed by atoms with Crippen LogP contribution in [0, 0.1) is 0 Å². The van der Waals surface area contributed by atoms with E-state index >= 15 is 0 Å². The number of hydrogen-bond acceptors (Lipinski definition) is 3. The third kappa shape index (κ3) is 81.5. The summed E-state index contributed by atoms with van der Waals surface area (Å²) in [5.74, 6) is 0. The standard InChI is InChI=1S/3C4H8O.3C3H9Si.Li.Sn/c3*1-2-4-5-3-1;3*1-4(2)3;;/h3*1-4H2;3*1-3H3;;. The van der Waals surface area contributed by atoms with Gasteiger partial charge in [-0.25, -0.2) is 0 Å². The van der Waals surface area contributed by atoms with Crippen molar-refractivity contribution in [1.82, 2.24) is 0 Å². The predicted molar refractivity (Wildman–Crippen MR) is 142 cm³/mol. The Kier molecular flexibility index (Phi) is 52.9. The first kappa shape index (κ1) is 41.2. The molecule has 8 heteroatoms. The number of hydrogen-bond donors (Lipinski definition) is 0. The summed E-state index contributed by atoms with van der Waals surface area (Å²) in [6.07, 6.45) is 7.67. The molecule has 0 N–H and O–H groups in total. The minimum atomic E-state index is 0. The zero-order valence-electron chi connectivity index (χ0n) is 21.7. The summed E-state index contributed by atoms with van der Waals surface area (Å²) in [6, 6.07) is 0. The third-order valence-electron chi connectivity index (χ3n) is 2.48. The Balaban J connectivity index is -0.0000000788. The third-order valence-corrected chi connectivity index (χ3v) is 2.48. The van der Waals surface area contributed by atoms with Gasteiger partial charge in [-0.3, -0.25) is 0 Å². The maximum Gasteiger partial charge on any atom is 0.0466 e. The van der Waals surface area contributed by atoms with E-state index in [-0.39, 0.29) is 69.2 Å². The second-order valence-electron chi connectivity index (χ2n) is 8.46. The van der Waals surface area contributed by atoms with E-state index < -0.39 is 0 Å². The summed E-state index contributed by atoms with van der Waals surface area (Å²) >= 11 is 0. The van der Waals surface area contributed by atoms with E-state index in [9.17, 15) is 0 Å². The van der Waals surface area contributed by atoms with Crippen molar-refractivity contribution in [2.24, 2.45) is 0 Å². The first-order chi connectivity index (χ1) is 12.7. The molecule has 0 amide bonds. The number of rotatable bonds is 0. The predicted octanol–water partition coefficient (Wildman–Crippen LogP) is 5.74. The molecule has 0 aromatic heterocycles. The largest absolute Gasteiger partial charge is 0.381 e. The van der Waals surface area contributed by atoms with Crippen molar-refractivity contribution in [3.05, 3.63) is 0 Å². The molecule has 29 heavy (non-hydrogen) atoms. The fraction of sp³-hybridized carbons (Fsp3) is 1.00. The second-order valence-corrected chi connectivity index (χ2v) is 17.5. The summed E-state index contributed by atoms with van der Waals surface area (Å²) in [6.45, 7) is 26.4. The quantitative estimate of drug-likeness (QED) is 0.353. The van der Waals surface area contributed by atoms with E-state index in [2.05, 4.69) is 58.9 Å². The van der Waals surface area contributed by atoms with E-state index in [0.29, 0.717) is 0 Å². The fourth-order valence-corrected chi connectivity index (χ4v) is 1.53. The molecule has 0 aromatic carbocycles. The molecule has 3 saturated heterocycles. The zero-order valence-corrected chi connectivity index (χ0v) is 27.6. The van der Waals surface area contributed by atoms with Gasteiger partial charge in [-0.05, 0) is 38.5 Å². The van der Waals surface area contributed by atoms with Gasteiger partial charge in [-0.2, -0.15) is 0 Å². The molecular weight excluding hydrogens is 510 g/mol. The van der Waals surface area contributed by atoms with E-state index in [4.69, 9.17) is 14.2 Å². The molecule has 8 radical (unpaired) electrons. The van der Waals surface area contributed by atoms with Gasteiger partial charge in [0.1, 0.15) is 0 Å². The van der Waals surface area contributed by atoms with Gasteiger partial charge in [0.15, 0.2) is 0 Å². The molecule has 0 bridgehead atoms. The van der Waals surface area contributed by atoms with Crippen molar-refractivity contribution < 1.29 is 14.2 Å². The molecule has 3 aliphatic rings. The van der Waals surface area contributed by atoms with E-state index in [1.54, 1.807) is 0 Å². The molecule has 3 nitrogen and oxygen atoms in total. The van der Waals surface area contributed by atoms with Crippen LogP contribution in [0.1, 0.15) is 38.5 Å².